The summed E-state index contributed by atoms with van der Waals surface area (Å²) in [5.41, 5.74) is 1.91. The number of rotatable bonds is 6. The summed E-state index contributed by atoms with van der Waals surface area (Å²) in [5.74, 6) is 2.11. The van der Waals surface area contributed by atoms with Crippen LogP contribution < -0.4 is 20.3 Å². The summed E-state index contributed by atoms with van der Waals surface area (Å²) in [4.78, 5) is 25.7. The standard InChI is InChI=1S/C21H23N5O4/c1-28-15-3-4-19(29-2)14(9-15)11-23-18-12-30-8-7-26-20(27)10-17(25-21(18)26)16-5-6-22-13-24-16/h3-6,9-10,13,18,23H,7-8,11-12H2,1-2H3. The minimum atomic E-state index is -0.280. The summed E-state index contributed by atoms with van der Waals surface area (Å²) >= 11 is 0. The number of hydrogen-bond acceptors (Lipinski definition) is 8. The molecule has 1 aliphatic rings. The number of fused-ring (bicyclic) bond motifs is 1. The lowest BCUT2D eigenvalue weighted by Crippen LogP contribution is -2.32. The van der Waals surface area contributed by atoms with Crippen LogP contribution in [0.25, 0.3) is 11.4 Å². The molecule has 4 rings (SSSR count). The second kappa shape index (κ2) is 9.02. The van der Waals surface area contributed by atoms with Crippen molar-refractivity contribution < 1.29 is 14.2 Å². The van der Waals surface area contributed by atoms with Crippen molar-refractivity contribution in [3.63, 3.8) is 0 Å². The van der Waals surface area contributed by atoms with Gasteiger partial charge in [-0.1, -0.05) is 0 Å². The second-order valence-electron chi connectivity index (χ2n) is 6.77. The van der Waals surface area contributed by atoms with Crippen LogP contribution in [-0.4, -0.2) is 47.0 Å². The first kappa shape index (κ1) is 20.0. The molecule has 0 saturated carbocycles. The zero-order valence-corrected chi connectivity index (χ0v) is 16.9. The maximum absolute atomic E-state index is 12.8. The SMILES string of the molecule is COc1ccc(OC)c(CNC2COCCn3c2nc(-c2ccncn2)cc3=O)c1. The van der Waals surface area contributed by atoms with Gasteiger partial charge in [0.2, 0.25) is 0 Å². The van der Waals surface area contributed by atoms with Crippen molar-refractivity contribution in [1.82, 2.24) is 24.8 Å². The molecule has 0 fully saturated rings. The van der Waals surface area contributed by atoms with E-state index in [4.69, 9.17) is 19.2 Å². The third-order valence-corrected chi connectivity index (χ3v) is 4.96. The molecule has 1 unspecified atom stereocenters. The Labute approximate surface area is 173 Å². The van der Waals surface area contributed by atoms with E-state index in [-0.39, 0.29) is 11.6 Å². The van der Waals surface area contributed by atoms with Gasteiger partial charge < -0.3 is 19.5 Å². The van der Waals surface area contributed by atoms with Gasteiger partial charge in [-0.2, -0.15) is 0 Å². The molecule has 1 N–H and O–H groups in total. The van der Waals surface area contributed by atoms with Gasteiger partial charge >= 0.3 is 0 Å². The summed E-state index contributed by atoms with van der Waals surface area (Å²) in [5, 5.41) is 3.45. The lowest BCUT2D eigenvalue weighted by atomic mass is 10.1. The third-order valence-electron chi connectivity index (χ3n) is 4.96. The Balaban J connectivity index is 1.66. The van der Waals surface area contributed by atoms with Crippen LogP contribution in [0.2, 0.25) is 0 Å². The average Bonchev–Trinajstić information content (AvgIpc) is 3.00. The Bertz CT molecular complexity index is 1070. The van der Waals surface area contributed by atoms with Gasteiger partial charge in [0.15, 0.2) is 0 Å². The van der Waals surface area contributed by atoms with Crippen LogP contribution in [0.1, 0.15) is 17.4 Å². The van der Waals surface area contributed by atoms with Crippen LogP contribution in [0, 0.1) is 0 Å². The Kier molecular flexibility index (Phi) is 6.01. The van der Waals surface area contributed by atoms with Crippen LogP contribution in [0.5, 0.6) is 11.5 Å². The minimum Gasteiger partial charge on any atom is -0.497 e. The van der Waals surface area contributed by atoms with E-state index in [2.05, 4.69) is 15.3 Å². The Morgan fingerprint density at radius 3 is 2.87 bits per heavy atom. The molecular weight excluding hydrogens is 386 g/mol. The molecule has 156 valence electrons. The van der Waals surface area contributed by atoms with Gasteiger partial charge in [-0.3, -0.25) is 9.36 Å². The van der Waals surface area contributed by atoms with Crippen molar-refractivity contribution in [2.75, 3.05) is 27.4 Å². The predicted molar refractivity (Wildman–Crippen MR) is 109 cm³/mol. The molecule has 1 aliphatic heterocycles. The first-order valence-electron chi connectivity index (χ1n) is 9.60. The fourth-order valence-corrected chi connectivity index (χ4v) is 3.42. The molecule has 9 nitrogen and oxygen atoms in total. The van der Waals surface area contributed by atoms with Gasteiger partial charge in [-0.15, -0.1) is 0 Å². The summed E-state index contributed by atoms with van der Waals surface area (Å²) in [7, 11) is 3.25. The fourth-order valence-electron chi connectivity index (χ4n) is 3.42. The number of nitrogens with zero attached hydrogens (tertiary/aromatic N) is 4. The van der Waals surface area contributed by atoms with Crippen LogP contribution >= 0.6 is 0 Å². The Morgan fingerprint density at radius 2 is 2.10 bits per heavy atom. The number of nitrogens with one attached hydrogen (secondary N) is 1. The highest BCUT2D eigenvalue weighted by Crippen LogP contribution is 2.25. The highest BCUT2D eigenvalue weighted by Gasteiger charge is 2.23. The smallest absolute Gasteiger partial charge is 0.254 e. The highest BCUT2D eigenvalue weighted by atomic mass is 16.5. The molecule has 0 saturated heterocycles. The number of benzene rings is 1. The number of aromatic nitrogens is 4. The Hall–Kier alpha value is -3.30. The normalized spacial score (nSPS) is 15.9. The van der Waals surface area contributed by atoms with Gasteiger partial charge in [0.25, 0.3) is 5.56 Å². The van der Waals surface area contributed by atoms with Crippen molar-refractivity contribution in [2.24, 2.45) is 0 Å². The minimum absolute atomic E-state index is 0.134. The van der Waals surface area contributed by atoms with E-state index in [0.717, 1.165) is 17.1 Å². The van der Waals surface area contributed by atoms with Crippen LogP contribution in [0.15, 0.2) is 47.7 Å². The lowest BCUT2D eigenvalue weighted by molar-refractivity contribution is 0.117. The summed E-state index contributed by atoms with van der Waals surface area (Å²) in [6, 6.07) is 8.58. The van der Waals surface area contributed by atoms with Crippen LogP contribution in [0.3, 0.4) is 0 Å². The highest BCUT2D eigenvalue weighted by molar-refractivity contribution is 5.52. The molecule has 1 aromatic carbocycles. The molecule has 0 aliphatic carbocycles. The molecule has 0 spiro atoms. The molecule has 3 aromatic rings. The van der Waals surface area contributed by atoms with Crippen LogP contribution in [-0.2, 0) is 17.8 Å². The zero-order valence-electron chi connectivity index (χ0n) is 16.9. The van der Waals surface area contributed by atoms with Crippen molar-refractivity contribution in [2.45, 2.75) is 19.1 Å². The molecule has 9 heteroatoms. The van der Waals surface area contributed by atoms with E-state index in [0.29, 0.717) is 43.5 Å². The van der Waals surface area contributed by atoms with Crippen LogP contribution in [0.4, 0.5) is 0 Å². The van der Waals surface area contributed by atoms with Gasteiger partial charge in [0.05, 0.1) is 51.4 Å². The zero-order chi connectivity index (χ0) is 20.9. The van der Waals surface area contributed by atoms with E-state index < -0.39 is 0 Å². The molecular formula is C21H23N5O4. The monoisotopic (exact) mass is 409 g/mol. The molecule has 3 heterocycles. The second-order valence-corrected chi connectivity index (χ2v) is 6.77. The van der Waals surface area contributed by atoms with Gasteiger partial charge in [-0.25, -0.2) is 15.0 Å². The maximum atomic E-state index is 12.8. The van der Waals surface area contributed by atoms with Gasteiger partial charge in [0, 0.05) is 24.4 Å². The molecule has 2 aromatic heterocycles. The van der Waals surface area contributed by atoms with E-state index in [9.17, 15) is 4.79 Å². The average molecular weight is 409 g/mol. The Morgan fingerprint density at radius 1 is 1.20 bits per heavy atom. The third kappa shape index (κ3) is 4.17. The molecule has 30 heavy (non-hydrogen) atoms. The van der Waals surface area contributed by atoms with E-state index in [1.165, 1.54) is 12.4 Å². The topological polar surface area (TPSA) is 100 Å². The van der Waals surface area contributed by atoms with Crippen molar-refractivity contribution in [1.29, 1.82) is 0 Å². The summed E-state index contributed by atoms with van der Waals surface area (Å²) < 4.78 is 18.2. The lowest BCUT2D eigenvalue weighted by Gasteiger charge is -2.20. The first-order chi connectivity index (χ1) is 14.7. The first-order valence-corrected chi connectivity index (χ1v) is 9.60. The number of hydrogen-bond donors (Lipinski definition) is 1. The predicted octanol–water partition coefficient (Wildman–Crippen LogP) is 1.58. The van der Waals surface area contributed by atoms with E-state index >= 15 is 0 Å². The molecule has 0 radical (unpaired) electrons. The number of methoxy groups -OCH3 is 2. The molecule has 1 atom stereocenters. The van der Waals surface area contributed by atoms with Crippen molar-refractivity contribution in [3.05, 3.63) is 64.6 Å². The largest absolute Gasteiger partial charge is 0.497 e. The molecule has 0 bridgehead atoms. The van der Waals surface area contributed by atoms with E-state index in [1.807, 2.05) is 18.2 Å². The number of ether oxygens (including phenoxy) is 3. The maximum Gasteiger partial charge on any atom is 0.254 e. The quantitative estimate of drug-likeness (QED) is 0.655. The fraction of sp³-hybridized carbons (Fsp3) is 0.333. The molecule has 0 amide bonds. The van der Waals surface area contributed by atoms with E-state index in [1.54, 1.807) is 31.0 Å². The summed E-state index contributed by atoms with van der Waals surface area (Å²) in [6.45, 7) is 1.78. The van der Waals surface area contributed by atoms with Gasteiger partial charge in [0.1, 0.15) is 23.7 Å². The van der Waals surface area contributed by atoms with Crippen molar-refractivity contribution in [3.8, 4) is 22.9 Å². The van der Waals surface area contributed by atoms with Crippen molar-refractivity contribution >= 4 is 0 Å². The summed E-state index contributed by atoms with van der Waals surface area (Å²) in [6.07, 6.45) is 3.06. The van der Waals surface area contributed by atoms with Gasteiger partial charge in [-0.05, 0) is 24.3 Å².